The fourth-order valence-electron chi connectivity index (χ4n) is 3.71. The molecule has 0 saturated heterocycles. The van der Waals surface area contributed by atoms with E-state index in [9.17, 15) is 14.9 Å². The number of nitro groups is 1. The molecular weight excluding hydrogens is 458 g/mol. The third-order valence-corrected chi connectivity index (χ3v) is 5.80. The number of rotatable bonds is 4. The molecular formula is C23H17N5O5S. The molecule has 0 bridgehead atoms. The molecule has 0 fully saturated rings. The molecule has 0 N–H and O–H groups in total. The number of non-ortho nitro benzene ring substituents is 1. The van der Waals surface area contributed by atoms with E-state index in [-0.39, 0.29) is 17.5 Å². The predicted molar refractivity (Wildman–Crippen MR) is 124 cm³/mol. The second kappa shape index (κ2) is 8.60. The third kappa shape index (κ3) is 3.75. The largest absolute Gasteiger partial charge is 0.455 e. The van der Waals surface area contributed by atoms with E-state index >= 15 is 0 Å². The highest BCUT2D eigenvalue weighted by molar-refractivity contribution is 7.98. The van der Waals surface area contributed by atoms with Crippen LogP contribution in [0.5, 0.6) is 5.88 Å². The van der Waals surface area contributed by atoms with Gasteiger partial charge < -0.3 is 9.15 Å². The Balaban J connectivity index is 1.62. The van der Waals surface area contributed by atoms with Crippen LogP contribution in [0.15, 0.2) is 70.2 Å². The summed E-state index contributed by atoms with van der Waals surface area (Å²) in [6.45, 7) is 1.44. The molecule has 1 aliphatic rings. The Morgan fingerprint density at radius 2 is 1.85 bits per heavy atom. The number of thioether (sulfide) groups is 1. The van der Waals surface area contributed by atoms with Crippen LogP contribution in [0.2, 0.25) is 0 Å². The van der Waals surface area contributed by atoms with Gasteiger partial charge >= 0.3 is 0 Å². The zero-order chi connectivity index (χ0) is 23.8. The van der Waals surface area contributed by atoms with Gasteiger partial charge in [0, 0.05) is 30.2 Å². The predicted octanol–water partition coefficient (Wildman–Crippen LogP) is 4.87. The van der Waals surface area contributed by atoms with Crippen LogP contribution in [0.3, 0.4) is 0 Å². The van der Waals surface area contributed by atoms with Crippen LogP contribution in [0, 0.1) is 10.1 Å². The summed E-state index contributed by atoms with van der Waals surface area (Å²) >= 11 is 1.32. The van der Waals surface area contributed by atoms with Crippen molar-refractivity contribution in [1.82, 2.24) is 15.2 Å². The lowest BCUT2D eigenvalue weighted by Gasteiger charge is -2.28. The smallest absolute Gasteiger partial charge is 0.269 e. The molecule has 0 aliphatic carbocycles. The quantitative estimate of drug-likeness (QED) is 0.231. The number of hydrogen-bond acceptors (Lipinski definition) is 9. The summed E-state index contributed by atoms with van der Waals surface area (Å²) in [6, 6.07) is 16.7. The average Bonchev–Trinajstić information content (AvgIpc) is 3.28. The van der Waals surface area contributed by atoms with Crippen LogP contribution in [-0.2, 0) is 4.79 Å². The number of fused-ring (bicyclic) bond motifs is 3. The summed E-state index contributed by atoms with van der Waals surface area (Å²) < 4.78 is 12.3. The number of nitrogens with zero attached hydrogens (tertiary/aromatic N) is 5. The summed E-state index contributed by atoms with van der Waals surface area (Å²) in [6.07, 6.45) is 0.870. The van der Waals surface area contributed by atoms with E-state index in [0.29, 0.717) is 39.2 Å². The molecule has 0 radical (unpaired) electrons. The number of carbonyl (C=O) groups is 1. The number of anilines is 1. The van der Waals surface area contributed by atoms with Gasteiger partial charge in [-0.15, -0.1) is 10.2 Å². The van der Waals surface area contributed by atoms with Gasteiger partial charge in [-0.3, -0.25) is 19.8 Å². The van der Waals surface area contributed by atoms with Crippen molar-refractivity contribution in [2.75, 3.05) is 11.2 Å². The summed E-state index contributed by atoms with van der Waals surface area (Å²) in [5, 5.41) is 19.8. The lowest BCUT2D eigenvalue weighted by Crippen LogP contribution is -2.35. The van der Waals surface area contributed by atoms with E-state index in [1.807, 2.05) is 24.5 Å². The Morgan fingerprint density at radius 1 is 1.09 bits per heavy atom. The standard InChI is InChI=1S/C23H17N5O5S/c1-13(29)27-17-6-4-3-5-16(17)20-21(24-23(34-2)26-25-20)33-22(27)19-12-11-18(32-19)14-7-9-15(10-8-14)28(30)31/h3-12,22H,1-2H3/t22-/m0/s1. The van der Waals surface area contributed by atoms with Crippen molar-refractivity contribution in [3.8, 4) is 28.5 Å². The number of amides is 1. The van der Waals surface area contributed by atoms with Crippen molar-refractivity contribution >= 4 is 29.0 Å². The zero-order valence-corrected chi connectivity index (χ0v) is 18.9. The number of furan rings is 1. The minimum absolute atomic E-state index is 0.0182. The topological polar surface area (TPSA) is 124 Å². The summed E-state index contributed by atoms with van der Waals surface area (Å²) in [5.41, 5.74) is 2.29. The van der Waals surface area contributed by atoms with Crippen LogP contribution >= 0.6 is 11.8 Å². The summed E-state index contributed by atoms with van der Waals surface area (Å²) in [4.78, 5) is 29.3. The average molecular weight is 475 g/mol. The highest BCUT2D eigenvalue weighted by Gasteiger charge is 2.36. The first-order valence-electron chi connectivity index (χ1n) is 10.2. The van der Waals surface area contributed by atoms with Crippen molar-refractivity contribution in [3.05, 3.63) is 76.5 Å². The molecule has 0 unspecified atom stereocenters. The zero-order valence-electron chi connectivity index (χ0n) is 18.0. The van der Waals surface area contributed by atoms with Crippen molar-refractivity contribution in [2.45, 2.75) is 18.3 Å². The van der Waals surface area contributed by atoms with Crippen LogP contribution in [-0.4, -0.2) is 32.3 Å². The molecule has 2 aromatic carbocycles. The van der Waals surface area contributed by atoms with E-state index in [0.717, 1.165) is 0 Å². The summed E-state index contributed by atoms with van der Waals surface area (Å²) in [5.74, 6) is 0.793. The number of aromatic nitrogens is 3. The Bertz CT molecular complexity index is 1410. The van der Waals surface area contributed by atoms with E-state index < -0.39 is 11.2 Å². The van der Waals surface area contributed by atoms with Crippen LogP contribution < -0.4 is 9.64 Å². The van der Waals surface area contributed by atoms with Gasteiger partial charge in [0.1, 0.15) is 5.76 Å². The molecule has 1 amide bonds. The van der Waals surface area contributed by atoms with Crippen LogP contribution in [0.25, 0.3) is 22.6 Å². The molecule has 1 aliphatic heterocycles. The van der Waals surface area contributed by atoms with Gasteiger partial charge in [-0.25, -0.2) is 0 Å². The molecule has 1 atom stereocenters. The highest BCUT2D eigenvalue weighted by Crippen LogP contribution is 2.44. The number of hydrogen-bond donors (Lipinski definition) is 0. The first-order chi connectivity index (χ1) is 16.5. The van der Waals surface area contributed by atoms with E-state index in [1.54, 1.807) is 30.3 Å². The van der Waals surface area contributed by atoms with E-state index in [2.05, 4.69) is 15.2 Å². The van der Waals surface area contributed by atoms with Crippen molar-refractivity contribution in [3.63, 3.8) is 0 Å². The Morgan fingerprint density at radius 3 is 2.56 bits per heavy atom. The van der Waals surface area contributed by atoms with Gasteiger partial charge in [0.2, 0.25) is 23.2 Å². The van der Waals surface area contributed by atoms with Gasteiger partial charge in [0.05, 0.1) is 10.6 Å². The summed E-state index contributed by atoms with van der Waals surface area (Å²) in [7, 11) is 0. The lowest BCUT2D eigenvalue weighted by atomic mass is 10.1. The molecule has 0 saturated carbocycles. The third-order valence-electron chi connectivity index (χ3n) is 5.27. The fourth-order valence-corrected chi connectivity index (χ4v) is 4.01. The molecule has 0 spiro atoms. The minimum Gasteiger partial charge on any atom is -0.455 e. The number of carbonyl (C=O) groups excluding carboxylic acids is 1. The molecule has 170 valence electrons. The van der Waals surface area contributed by atoms with E-state index in [4.69, 9.17) is 9.15 Å². The first kappa shape index (κ1) is 21.6. The SMILES string of the molecule is CSc1nnc2c(n1)O[C@@H](c1ccc(-c3ccc([N+](=O)[O-])cc3)o1)N(C(C)=O)c1ccccc1-2. The maximum atomic E-state index is 12.8. The molecule has 4 aromatic rings. The monoisotopic (exact) mass is 475 g/mol. The second-order valence-electron chi connectivity index (χ2n) is 7.33. The Hall–Kier alpha value is -4.25. The molecule has 34 heavy (non-hydrogen) atoms. The van der Waals surface area contributed by atoms with Crippen molar-refractivity contribution in [2.24, 2.45) is 0 Å². The Labute approximate surface area is 197 Å². The van der Waals surface area contributed by atoms with Crippen LogP contribution in [0.4, 0.5) is 11.4 Å². The number of ether oxygens (including phenoxy) is 1. The second-order valence-corrected chi connectivity index (χ2v) is 8.11. The molecule has 5 rings (SSSR count). The first-order valence-corrected chi connectivity index (χ1v) is 11.4. The van der Waals surface area contributed by atoms with Gasteiger partial charge in [-0.2, -0.15) is 4.98 Å². The molecule has 10 nitrogen and oxygen atoms in total. The Kier molecular flexibility index (Phi) is 5.46. The molecule has 11 heteroatoms. The number of benzene rings is 2. The van der Waals surface area contributed by atoms with Crippen LogP contribution in [0.1, 0.15) is 18.9 Å². The van der Waals surface area contributed by atoms with Gasteiger partial charge in [0.15, 0.2) is 11.5 Å². The molecule has 2 aromatic heterocycles. The van der Waals surface area contributed by atoms with Gasteiger partial charge in [0.25, 0.3) is 5.69 Å². The number of para-hydroxylation sites is 1. The van der Waals surface area contributed by atoms with E-state index in [1.165, 1.54) is 35.7 Å². The maximum Gasteiger partial charge on any atom is 0.269 e. The minimum atomic E-state index is -0.960. The lowest BCUT2D eigenvalue weighted by molar-refractivity contribution is -0.384. The van der Waals surface area contributed by atoms with Crippen molar-refractivity contribution in [1.29, 1.82) is 0 Å². The normalized spacial score (nSPS) is 14.5. The highest BCUT2D eigenvalue weighted by atomic mass is 32.2. The maximum absolute atomic E-state index is 12.8. The fraction of sp³-hybridized carbons (Fsp3) is 0.130. The van der Waals surface area contributed by atoms with Gasteiger partial charge in [-0.05, 0) is 36.6 Å². The number of nitro benzene ring substituents is 1. The van der Waals surface area contributed by atoms with Gasteiger partial charge in [-0.1, -0.05) is 30.0 Å². The van der Waals surface area contributed by atoms with Crippen molar-refractivity contribution < 1.29 is 18.9 Å². The molecule has 3 heterocycles.